The Morgan fingerprint density at radius 3 is 2.58 bits per heavy atom. The second kappa shape index (κ2) is 6.55. The topological polar surface area (TPSA) is 28.2 Å². The van der Waals surface area contributed by atoms with Crippen molar-refractivity contribution < 1.29 is 0 Å². The molecule has 4 heteroatoms. The maximum atomic E-state index is 6.16. The van der Waals surface area contributed by atoms with Crippen molar-refractivity contribution in [3.63, 3.8) is 0 Å². The molecule has 100 valence electrons. The summed E-state index contributed by atoms with van der Waals surface area (Å²) in [4.78, 5) is 6.66. The fourth-order valence-corrected chi connectivity index (χ4v) is 1.98. The summed E-state index contributed by atoms with van der Waals surface area (Å²) >= 11 is 6.16. The van der Waals surface area contributed by atoms with Crippen molar-refractivity contribution in [1.82, 2.24) is 10.3 Å². The molecule has 0 amide bonds. The molecule has 0 bridgehead atoms. The first-order chi connectivity index (χ1) is 9.22. The third-order valence-electron chi connectivity index (χ3n) is 2.93. The first-order valence-corrected chi connectivity index (χ1v) is 6.75. The van der Waals surface area contributed by atoms with E-state index in [4.69, 9.17) is 11.6 Å². The van der Waals surface area contributed by atoms with Gasteiger partial charge in [0.2, 0.25) is 0 Å². The lowest BCUT2D eigenvalue weighted by Crippen LogP contribution is -2.16. The highest BCUT2D eigenvalue weighted by molar-refractivity contribution is 6.31. The largest absolute Gasteiger partial charge is 0.329 e. The zero-order valence-electron chi connectivity index (χ0n) is 11.2. The third-order valence-corrected chi connectivity index (χ3v) is 3.28. The Hall–Kier alpha value is -1.58. The van der Waals surface area contributed by atoms with Crippen molar-refractivity contribution >= 4 is 23.1 Å². The molecule has 1 aromatic carbocycles. The predicted molar refractivity (Wildman–Crippen MR) is 81.1 cm³/mol. The Balaban J connectivity index is 2.25. The molecule has 1 aromatic heterocycles. The summed E-state index contributed by atoms with van der Waals surface area (Å²) < 4.78 is 0. The van der Waals surface area contributed by atoms with Gasteiger partial charge in [0.1, 0.15) is 5.82 Å². The molecule has 0 atom stereocenters. The minimum absolute atomic E-state index is 0.686. The second-order valence-electron chi connectivity index (χ2n) is 4.27. The van der Waals surface area contributed by atoms with Gasteiger partial charge in [-0.2, -0.15) is 0 Å². The van der Waals surface area contributed by atoms with Gasteiger partial charge in [0.15, 0.2) is 0 Å². The summed E-state index contributed by atoms with van der Waals surface area (Å²) in [6.45, 7) is 3.65. The Labute approximate surface area is 119 Å². The number of hydrogen-bond acceptors (Lipinski definition) is 3. The van der Waals surface area contributed by atoms with Gasteiger partial charge < -0.3 is 10.2 Å². The lowest BCUT2D eigenvalue weighted by molar-refractivity contribution is 0.710. The van der Waals surface area contributed by atoms with Gasteiger partial charge in [-0.1, -0.05) is 36.7 Å². The van der Waals surface area contributed by atoms with Crippen molar-refractivity contribution in [3.8, 4) is 0 Å². The molecule has 0 unspecified atom stereocenters. The van der Waals surface area contributed by atoms with Gasteiger partial charge in [0.25, 0.3) is 0 Å². The van der Waals surface area contributed by atoms with Gasteiger partial charge in [-0.05, 0) is 30.8 Å². The highest BCUT2D eigenvalue weighted by Crippen LogP contribution is 2.24. The highest BCUT2D eigenvalue weighted by atomic mass is 35.5. The number of benzene rings is 1. The fourth-order valence-electron chi connectivity index (χ4n) is 1.81. The molecular formula is C15H18ClN3. The Morgan fingerprint density at radius 1 is 1.16 bits per heavy atom. The summed E-state index contributed by atoms with van der Waals surface area (Å²) in [6.07, 6.45) is 0. The number of para-hydroxylation sites is 1. The lowest BCUT2D eigenvalue weighted by atomic mass is 10.3. The maximum Gasteiger partial charge on any atom is 0.133 e. The van der Waals surface area contributed by atoms with Gasteiger partial charge in [0.05, 0.1) is 10.7 Å². The second-order valence-corrected chi connectivity index (χ2v) is 4.68. The summed E-state index contributed by atoms with van der Waals surface area (Å²) in [6, 6.07) is 14.0. The van der Waals surface area contributed by atoms with Crippen molar-refractivity contribution in [2.75, 3.05) is 18.5 Å². The van der Waals surface area contributed by atoms with E-state index in [1.54, 1.807) is 0 Å². The number of aromatic nitrogens is 1. The monoisotopic (exact) mass is 275 g/mol. The van der Waals surface area contributed by atoms with Crippen LogP contribution in [-0.2, 0) is 6.54 Å². The van der Waals surface area contributed by atoms with E-state index in [0.29, 0.717) is 11.6 Å². The molecule has 0 radical (unpaired) electrons. The quantitative estimate of drug-likeness (QED) is 0.903. The maximum absolute atomic E-state index is 6.16. The molecule has 2 rings (SSSR count). The van der Waals surface area contributed by atoms with Crippen molar-refractivity contribution in [2.24, 2.45) is 0 Å². The van der Waals surface area contributed by atoms with E-state index in [1.165, 1.54) is 0 Å². The number of hydrogen-bond donors (Lipinski definition) is 1. The molecule has 0 spiro atoms. The van der Waals surface area contributed by atoms with Crippen LogP contribution in [0.5, 0.6) is 0 Å². The molecule has 2 aromatic rings. The van der Waals surface area contributed by atoms with Crippen LogP contribution in [-0.4, -0.2) is 18.6 Å². The van der Waals surface area contributed by atoms with E-state index in [0.717, 1.165) is 23.7 Å². The van der Waals surface area contributed by atoms with Crippen LogP contribution in [0.3, 0.4) is 0 Å². The Morgan fingerprint density at radius 2 is 1.89 bits per heavy atom. The molecule has 0 aliphatic heterocycles. The normalized spacial score (nSPS) is 10.5. The van der Waals surface area contributed by atoms with E-state index in [-0.39, 0.29) is 0 Å². The Kier molecular flexibility index (Phi) is 4.77. The van der Waals surface area contributed by atoms with Crippen LogP contribution in [0.15, 0.2) is 42.5 Å². The van der Waals surface area contributed by atoms with Gasteiger partial charge >= 0.3 is 0 Å². The Bertz CT molecular complexity index is 528. The van der Waals surface area contributed by atoms with Crippen LogP contribution >= 0.6 is 11.6 Å². The number of halogens is 1. The highest BCUT2D eigenvalue weighted by Gasteiger charge is 2.08. The minimum Gasteiger partial charge on any atom is -0.329 e. The molecule has 0 fully saturated rings. The molecule has 0 aliphatic rings. The number of pyridine rings is 1. The predicted octanol–water partition coefficient (Wildman–Crippen LogP) is 3.61. The SMILES string of the molecule is CCNCc1nc(N(C)c2ccccc2)ccc1Cl. The summed E-state index contributed by atoms with van der Waals surface area (Å²) in [5, 5.41) is 3.95. The number of anilines is 2. The molecule has 0 aliphatic carbocycles. The number of nitrogens with zero attached hydrogens (tertiary/aromatic N) is 2. The zero-order valence-corrected chi connectivity index (χ0v) is 12.0. The van der Waals surface area contributed by atoms with Crippen molar-refractivity contribution in [2.45, 2.75) is 13.5 Å². The standard InChI is InChI=1S/C15H18ClN3/c1-3-17-11-14-13(16)9-10-15(18-14)19(2)12-7-5-4-6-8-12/h4-10,17H,3,11H2,1-2H3. The molecular weight excluding hydrogens is 258 g/mol. The van der Waals surface area contributed by atoms with Crippen LogP contribution in [0.1, 0.15) is 12.6 Å². The van der Waals surface area contributed by atoms with Crippen LogP contribution in [0.2, 0.25) is 5.02 Å². The summed E-state index contributed by atoms with van der Waals surface area (Å²) in [5.41, 5.74) is 1.98. The van der Waals surface area contributed by atoms with Crippen molar-refractivity contribution in [3.05, 3.63) is 53.2 Å². The van der Waals surface area contributed by atoms with Gasteiger partial charge in [0, 0.05) is 19.3 Å². The lowest BCUT2D eigenvalue weighted by Gasteiger charge is -2.19. The molecule has 0 saturated carbocycles. The minimum atomic E-state index is 0.686. The molecule has 3 nitrogen and oxygen atoms in total. The fraction of sp³-hybridized carbons (Fsp3) is 0.267. The first kappa shape index (κ1) is 13.8. The van der Waals surface area contributed by atoms with E-state index >= 15 is 0 Å². The van der Waals surface area contributed by atoms with E-state index in [2.05, 4.69) is 29.4 Å². The van der Waals surface area contributed by atoms with Crippen LogP contribution in [0, 0.1) is 0 Å². The smallest absolute Gasteiger partial charge is 0.133 e. The summed E-state index contributed by atoms with van der Waals surface area (Å²) in [5.74, 6) is 0.892. The first-order valence-electron chi connectivity index (χ1n) is 6.37. The number of nitrogens with one attached hydrogen (secondary N) is 1. The van der Waals surface area contributed by atoms with E-state index in [9.17, 15) is 0 Å². The van der Waals surface area contributed by atoms with Gasteiger partial charge in [-0.25, -0.2) is 4.98 Å². The van der Waals surface area contributed by atoms with E-state index < -0.39 is 0 Å². The average molecular weight is 276 g/mol. The van der Waals surface area contributed by atoms with E-state index in [1.807, 2.05) is 42.3 Å². The summed E-state index contributed by atoms with van der Waals surface area (Å²) in [7, 11) is 2.00. The third kappa shape index (κ3) is 3.46. The molecule has 0 saturated heterocycles. The molecule has 1 N–H and O–H groups in total. The molecule has 19 heavy (non-hydrogen) atoms. The van der Waals surface area contributed by atoms with Crippen LogP contribution in [0.4, 0.5) is 11.5 Å². The van der Waals surface area contributed by atoms with Crippen LogP contribution < -0.4 is 10.2 Å². The molecule has 1 heterocycles. The average Bonchev–Trinajstić information content (AvgIpc) is 2.46. The number of rotatable bonds is 5. The zero-order chi connectivity index (χ0) is 13.7. The van der Waals surface area contributed by atoms with Gasteiger partial charge in [-0.3, -0.25) is 0 Å². The van der Waals surface area contributed by atoms with Gasteiger partial charge in [-0.15, -0.1) is 0 Å². The van der Waals surface area contributed by atoms with Crippen molar-refractivity contribution in [1.29, 1.82) is 0 Å². The van der Waals surface area contributed by atoms with Crippen LogP contribution in [0.25, 0.3) is 0 Å².